The maximum atomic E-state index is 2.50. The lowest BCUT2D eigenvalue weighted by molar-refractivity contribution is 0.898. The Balaban J connectivity index is 0.00000153. The van der Waals surface area contributed by atoms with E-state index in [9.17, 15) is 0 Å². The van der Waals surface area contributed by atoms with Gasteiger partial charge in [-0.05, 0) is 94.8 Å². The molecule has 0 saturated heterocycles. The molecule has 0 unspecified atom stereocenters. The van der Waals surface area contributed by atoms with Crippen molar-refractivity contribution in [3.05, 3.63) is 162 Å². The largest absolute Gasteiger partial charge is 0.313 e. The summed E-state index contributed by atoms with van der Waals surface area (Å²) < 4.78 is 5.21. The van der Waals surface area contributed by atoms with Crippen LogP contribution in [0, 0.1) is 0 Å². The molecule has 0 amide bonds. The Labute approximate surface area is 274 Å². The topological polar surface area (TPSA) is 4.93 Å². The lowest BCUT2D eigenvalue weighted by Crippen LogP contribution is -2.05. The first-order valence-corrected chi connectivity index (χ1v) is 17.1. The van der Waals surface area contributed by atoms with Gasteiger partial charge in [-0.1, -0.05) is 117 Å². The number of benzene rings is 6. The van der Waals surface area contributed by atoms with E-state index in [0.717, 1.165) is 12.8 Å². The highest BCUT2D eigenvalue weighted by Crippen LogP contribution is 2.42. The zero-order chi connectivity index (χ0) is 31.0. The number of hydrogen-bond acceptors (Lipinski definition) is 1. The van der Waals surface area contributed by atoms with Gasteiger partial charge in [0.25, 0.3) is 0 Å². The molecular weight excluding hydrogens is 575 g/mol. The Morgan fingerprint density at radius 3 is 1.83 bits per heavy atom. The highest BCUT2D eigenvalue weighted by molar-refractivity contribution is 7.25. The number of fused-ring (bicyclic) bond motifs is 6. The standard InChI is InChI=1S/C42H29NS.C2H6/c1-3-9-28(10-4-1)30-15-20-34(21-16-30)43-39-22-17-31(29-11-5-2-6-12-29)25-36(39)37-26-32(18-23-40(37)43)33-19-24-42-38(27-33)35-13-7-8-14-41(35)44-42;1-2/h1-17,19-22,24-27H,18,23H2;1-2H3. The summed E-state index contributed by atoms with van der Waals surface area (Å²) in [4.78, 5) is 0. The fraction of sp³-hybridized carbons (Fsp3) is 0.0909. The number of hydrogen-bond donors (Lipinski definition) is 0. The molecule has 0 bridgehead atoms. The molecule has 0 fully saturated rings. The van der Waals surface area contributed by atoms with E-state index in [1.807, 2.05) is 25.2 Å². The second-order valence-electron chi connectivity index (χ2n) is 11.7. The minimum absolute atomic E-state index is 0.999. The first kappa shape index (κ1) is 28.3. The fourth-order valence-electron chi connectivity index (χ4n) is 6.97. The zero-order valence-electron chi connectivity index (χ0n) is 26.2. The third-order valence-electron chi connectivity index (χ3n) is 9.15. The van der Waals surface area contributed by atoms with Crippen LogP contribution in [-0.2, 0) is 6.42 Å². The second-order valence-corrected chi connectivity index (χ2v) is 12.8. The summed E-state index contributed by atoms with van der Waals surface area (Å²) in [6.45, 7) is 4.00. The van der Waals surface area contributed by atoms with Gasteiger partial charge in [0.2, 0.25) is 0 Å². The van der Waals surface area contributed by atoms with Gasteiger partial charge in [0, 0.05) is 42.5 Å². The Morgan fingerprint density at radius 2 is 1.07 bits per heavy atom. The lowest BCUT2D eigenvalue weighted by Gasteiger charge is -2.18. The van der Waals surface area contributed by atoms with Crippen LogP contribution in [0.25, 0.3) is 70.7 Å². The molecule has 0 atom stereocenters. The number of nitrogens with zero attached hydrogens (tertiary/aromatic N) is 1. The molecule has 8 aromatic rings. The van der Waals surface area contributed by atoms with Crippen molar-refractivity contribution in [1.29, 1.82) is 0 Å². The van der Waals surface area contributed by atoms with E-state index in [0.29, 0.717) is 0 Å². The highest BCUT2D eigenvalue weighted by Gasteiger charge is 2.23. The molecule has 46 heavy (non-hydrogen) atoms. The maximum Gasteiger partial charge on any atom is 0.0538 e. The van der Waals surface area contributed by atoms with Crippen LogP contribution >= 0.6 is 11.3 Å². The van der Waals surface area contributed by atoms with E-state index in [1.165, 1.54) is 81.4 Å². The van der Waals surface area contributed by atoms with E-state index in [-0.39, 0.29) is 0 Å². The van der Waals surface area contributed by atoms with Crippen molar-refractivity contribution in [2.45, 2.75) is 26.7 Å². The van der Waals surface area contributed by atoms with Crippen molar-refractivity contribution < 1.29 is 0 Å². The summed E-state index contributed by atoms with van der Waals surface area (Å²) in [7, 11) is 0. The molecule has 1 aliphatic carbocycles. The molecule has 0 radical (unpaired) electrons. The fourth-order valence-corrected chi connectivity index (χ4v) is 8.05. The number of aromatic nitrogens is 1. The van der Waals surface area contributed by atoms with Gasteiger partial charge in [-0.15, -0.1) is 11.3 Å². The molecule has 0 N–H and O–H groups in total. The monoisotopic (exact) mass is 609 g/mol. The molecule has 2 aromatic heterocycles. The van der Waals surface area contributed by atoms with Crippen molar-refractivity contribution in [1.82, 2.24) is 4.57 Å². The lowest BCUT2D eigenvalue weighted by atomic mass is 9.90. The molecule has 1 nitrogen and oxygen atoms in total. The van der Waals surface area contributed by atoms with Gasteiger partial charge in [0.1, 0.15) is 0 Å². The first-order valence-electron chi connectivity index (χ1n) is 16.3. The van der Waals surface area contributed by atoms with Gasteiger partial charge in [0.15, 0.2) is 0 Å². The van der Waals surface area contributed by atoms with Crippen LogP contribution in [0.5, 0.6) is 0 Å². The Morgan fingerprint density at radius 1 is 0.478 bits per heavy atom. The van der Waals surface area contributed by atoms with Crippen LogP contribution in [0.2, 0.25) is 0 Å². The quantitative estimate of drug-likeness (QED) is 0.187. The molecule has 6 aromatic carbocycles. The summed E-state index contributed by atoms with van der Waals surface area (Å²) in [5.41, 5.74) is 13.0. The molecule has 0 aliphatic heterocycles. The van der Waals surface area contributed by atoms with Crippen molar-refractivity contribution in [2.75, 3.05) is 0 Å². The second kappa shape index (κ2) is 12.0. The van der Waals surface area contributed by atoms with Crippen molar-refractivity contribution >= 4 is 54.1 Å². The van der Waals surface area contributed by atoms with Gasteiger partial charge < -0.3 is 4.57 Å². The molecular formula is C44H35NS. The summed E-state index contributed by atoms with van der Waals surface area (Å²) in [5.74, 6) is 0. The maximum absolute atomic E-state index is 2.50. The molecule has 9 rings (SSSR count). The van der Waals surface area contributed by atoms with Gasteiger partial charge in [-0.2, -0.15) is 0 Å². The molecule has 2 heteroatoms. The third kappa shape index (κ3) is 4.87. The SMILES string of the molecule is C1=C(c2ccc3sc4ccccc4c3c2)CCc2c1c1cc(-c3ccccc3)ccc1n2-c1ccc(-c2ccccc2)cc1.CC. The Bertz CT molecular complexity index is 2350. The minimum atomic E-state index is 0.999. The van der Waals surface area contributed by atoms with E-state index in [4.69, 9.17) is 0 Å². The van der Waals surface area contributed by atoms with Gasteiger partial charge in [-0.3, -0.25) is 0 Å². The van der Waals surface area contributed by atoms with E-state index >= 15 is 0 Å². The van der Waals surface area contributed by atoms with Gasteiger partial charge >= 0.3 is 0 Å². The van der Waals surface area contributed by atoms with E-state index in [2.05, 4.69) is 156 Å². The number of thiophene rings is 1. The van der Waals surface area contributed by atoms with Crippen molar-refractivity contribution in [2.24, 2.45) is 0 Å². The molecule has 1 aliphatic rings. The average Bonchev–Trinajstić information content (AvgIpc) is 3.68. The molecule has 0 saturated carbocycles. The van der Waals surface area contributed by atoms with Crippen LogP contribution in [0.3, 0.4) is 0 Å². The normalized spacial score (nSPS) is 12.5. The summed E-state index contributed by atoms with van der Waals surface area (Å²) in [5, 5.41) is 4.03. The van der Waals surface area contributed by atoms with Crippen LogP contribution in [-0.4, -0.2) is 4.57 Å². The third-order valence-corrected chi connectivity index (χ3v) is 10.3. The van der Waals surface area contributed by atoms with Crippen LogP contribution in [0.1, 0.15) is 37.1 Å². The van der Waals surface area contributed by atoms with Crippen molar-refractivity contribution in [3.8, 4) is 27.9 Å². The number of rotatable bonds is 4. The highest BCUT2D eigenvalue weighted by atomic mass is 32.1. The average molecular weight is 610 g/mol. The summed E-state index contributed by atoms with van der Waals surface area (Å²) in [6.07, 6.45) is 4.49. The summed E-state index contributed by atoms with van der Waals surface area (Å²) >= 11 is 1.88. The Kier molecular flexibility index (Phi) is 7.36. The molecule has 222 valence electrons. The smallest absolute Gasteiger partial charge is 0.0538 e. The van der Waals surface area contributed by atoms with Crippen LogP contribution < -0.4 is 0 Å². The Hall–Kier alpha value is -5.18. The van der Waals surface area contributed by atoms with Crippen LogP contribution in [0.4, 0.5) is 0 Å². The first-order chi connectivity index (χ1) is 22.8. The van der Waals surface area contributed by atoms with Crippen molar-refractivity contribution in [3.63, 3.8) is 0 Å². The zero-order valence-corrected chi connectivity index (χ0v) is 27.0. The minimum Gasteiger partial charge on any atom is -0.313 e. The van der Waals surface area contributed by atoms with E-state index < -0.39 is 0 Å². The summed E-state index contributed by atoms with van der Waals surface area (Å²) in [6, 6.07) is 53.3. The van der Waals surface area contributed by atoms with E-state index in [1.54, 1.807) is 0 Å². The molecule has 2 heterocycles. The van der Waals surface area contributed by atoms with Gasteiger partial charge in [-0.25, -0.2) is 0 Å². The van der Waals surface area contributed by atoms with Gasteiger partial charge in [0.05, 0.1) is 5.52 Å². The predicted octanol–water partition coefficient (Wildman–Crippen LogP) is 12.8. The van der Waals surface area contributed by atoms with Crippen LogP contribution in [0.15, 0.2) is 146 Å². The number of allylic oxidation sites excluding steroid dienone is 1. The molecule has 0 spiro atoms. The predicted molar refractivity (Wildman–Crippen MR) is 201 cm³/mol.